The molecule has 0 bridgehead atoms. The molecule has 1 aromatic carbocycles. The molecule has 3 heterocycles. The molecule has 0 fully saturated rings. The van der Waals surface area contributed by atoms with E-state index < -0.39 is 12.0 Å². The van der Waals surface area contributed by atoms with Crippen LogP contribution in [-0.2, 0) is 9.53 Å². The highest BCUT2D eigenvalue weighted by Gasteiger charge is 2.34. The van der Waals surface area contributed by atoms with Gasteiger partial charge in [0.25, 0.3) is 5.56 Å². The largest absolute Gasteiger partial charge is 0.466 e. The van der Waals surface area contributed by atoms with Crippen molar-refractivity contribution in [1.82, 2.24) is 4.57 Å². The lowest BCUT2D eigenvalue weighted by Gasteiger charge is -2.25. The number of ether oxygens (including phenoxy) is 1. The lowest BCUT2D eigenvalue weighted by atomic mass is 9.96. The van der Waals surface area contributed by atoms with E-state index in [0.717, 1.165) is 5.76 Å². The normalized spacial score (nSPS) is 16.6. The number of carbonyl (C=O) groups is 1. The third-order valence-corrected chi connectivity index (χ3v) is 5.99. The van der Waals surface area contributed by atoms with E-state index >= 15 is 0 Å². The summed E-state index contributed by atoms with van der Waals surface area (Å²) in [6.07, 6.45) is 1.68. The predicted molar refractivity (Wildman–Crippen MR) is 111 cm³/mol. The summed E-state index contributed by atoms with van der Waals surface area (Å²) < 4.78 is 12.5. The van der Waals surface area contributed by atoms with Gasteiger partial charge in [-0.1, -0.05) is 41.1 Å². The maximum atomic E-state index is 13.3. The van der Waals surface area contributed by atoms with Gasteiger partial charge in [-0.15, -0.1) is 0 Å². The van der Waals surface area contributed by atoms with Crippen molar-refractivity contribution in [3.05, 3.63) is 89.5 Å². The monoisotopic (exact) mass is 428 g/mol. The van der Waals surface area contributed by atoms with Gasteiger partial charge in [-0.2, -0.15) is 0 Å². The van der Waals surface area contributed by atoms with Crippen LogP contribution in [0.1, 0.15) is 30.0 Å². The number of rotatable bonds is 3. The number of hydrogen-bond donors (Lipinski definition) is 0. The minimum atomic E-state index is -0.729. The first-order valence-electron chi connectivity index (χ1n) is 8.82. The van der Waals surface area contributed by atoms with E-state index in [9.17, 15) is 9.59 Å². The molecule has 1 aliphatic heterocycles. The Morgan fingerprint density at radius 3 is 2.69 bits per heavy atom. The number of fused-ring (bicyclic) bond motifs is 1. The lowest BCUT2D eigenvalue weighted by molar-refractivity contribution is -0.136. The number of hydrogen-bond acceptors (Lipinski definition) is 6. The molecule has 148 valence electrons. The SMILES string of the molecule is COC(=O)C1=C(C)N=c2s/c(=C/c3ccc(C)o3)c(=O)n2C1c1ccccc1Cl. The van der Waals surface area contributed by atoms with Crippen molar-refractivity contribution in [2.24, 2.45) is 4.99 Å². The van der Waals surface area contributed by atoms with Crippen LogP contribution >= 0.6 is 22.9 Å². The number of esters is 1. The first-order chi connectivity index (χ1) is 13.9. The maximum absolute atomic E-state index is 13.3. The molecule has 0 spiro atoms. The van der Waals surface area contributed by atoms with Gasteiger partial charge in [0, 0.05) is 11.1 Å². The van der Waals surface area contributed by atoms with Crippen LogP contribution in [0.2, 0.25) is 5.02 Å². The summed E-state index contributed by atoms with van der Waals surface area (Å²) >= 11 is 7.67. The van der Waals surface area contributed by atoms with Crippen LogP contribution in [0.4, 0.5) is 0 Å². The van der Waals surface area contributed by atoms with Crippen molar-refractivity contribution < 1.29 is 13.9 Å². The number of allylic oxidation sites excluding steroid dienone is 1. The standard InChI is InChI=1S/C21H17ClN2O4S/c1-11-8-9-13(28-11)10-16-19(25)24-18(14-6-4-5-7-15(14)22)17(20(26)27-3)12(2)23-21(24)29-16/h4-10,18H,1-3H3/b16-10+. The van der Waals surface area contributed by atoms with Gasteiger partial charge < -0.3 is 9.15 Å². The van der Waals surface area contributed by atoms with E-state index in [1.807, 2.05) is 19.1 Å². The number of benzene rings is 1. The van der Waals surface area contributed by atoms with Gasteiger partial charge in [0.1, 0.15) is 17.6 Å². The van der Waals surface area contributed by atoms with Crippen molar-refractivity contribution >= 4 is 35.0 Å². The summed E-state index contributed by atoms with van der Waals surface area (Å²) in [6.45, 7) is 3.56. The van der Waals surface area contributed by atoms with Crippen LogP contribution in [0.25, 0.3) is 6.08 Å². The van der Waals surface area contributed by atoms with Crippen molar-refractivity contribution in [2.45, 2.75) is 19.9 Å². The van der Waals surface area contributed by atoms with E-state index in [1.165, 1.54) is 23.0 Å². The smallest absolute Gasteiger partial charge is 0.338 e. The summed E-state index contributed by atoms with van der Waals surface area (Å²) in [5.74, 6) is 0.778. The van der Waals surface area contributed by atoms with Crippen molar-refractivity contribution in [1.29, 1.82) is 0 Å². The number of furan rings is 1. The Bertz CT molecular complexity index is 1330. The second-order valence-corrected chi connectivity index (χ2v) is 7.96. The zero-order valence-electron chi connectivity index (χ0n) is 15.9. The molecule has 0 aliphatic carbocycles. The van der Waals surface area contributed by atoms with E-state index in [0.29, 0.717) is 31.4 Å². The van der Waals surface area contributed by atoms with Gasteiger partial charge in [0.05, 0.1) is 22.9 Å². The van der Waals surface area contributed by atoms with E-state index in [-0.39, 0.29) is 11.1 Å². The molecule has 0 amide bonds. The van der Waals surface area contributed by atoms with Crippen LogP contribution in [0.15, 0.2) is 61.9 Å². The zero-order valence-corrected chi connectivity index (χ0v) is 17.5. The maximum Gasteiger partial charge on any atom is 0.338 e. The van der Waals surface area contributed by atoms with Gasteiger partial charge in [0.15, 0.2) is 4.80 Å². The molecule has 3 aromatic rings. The molecule has 0 saturated carbocycles. The van der Waals surface area contributed by atoms with Gasteiger partial charge in [-0.25, -0.2) is 9.79 Å². The number of aromatic nitrogens is 1. The molecular formula is C21H17ClN2O4S. The molecular weight excluding hydrogens is 412 g/mol. The van der Waals surface area contributed by atoms with Gasteiger partial charge in [-0.3, -0.25) is 9.36 Å². The molecule has 1 unspecified atom stereocenters. The fraction of sp³-hybridized carbons (Fsp3) is 0.190. The quantitative estimate of drug-likeness (QED) is 0.601. The van der Waals surface area contributed by atoms with Crippen molar-refractivity contribution in [2.75, 3.05) is 7.11 Å². The van der Waals surface area contributed by atoms with Gasteiger partial charge >= 0.3 is 5.97 Å². The average molecular weight is 429 g/mol. The van der Waals surface area contributed by atoms with Crippen LogP contribution in [0.3, 0.4) is 0 Å². The molecule has 0 radical (unpaired) electrons. The Hall–Kier alpha value is -2.90. The molecule has 1 atom stereocenters. The molecule has 2 aromatic heterocycles. The number of methoxy groups -OCH3 is 1. The van der Waals surface area contributed by atoms with Crippen LogP contribution < -0.4 is 14.9 Å². The highest BCUT2D eigenvalue weighted by Crippen LogP contribution is 2.34. The Kier molecular flexibility index (Phi) is 5.02. The van der Waals surface area contributed by atoms with Crippen LogP contribution in [0, 0.1) is 6.92 Å². The fourth-order valence-corrected chi connectivity index (χ4v) is 4.61. The zero-order chi connectivity index (χ0) is 20.7. The third-order valence-electron chi connectivity index (χ3n) is 4.66. The summed E-state index contributed by atoms with van der Waals surface area (Å²) in [5, 5.41) is 0.449. The molecule has 29 heavy (non-hydrogen) atoms. The molecule has 0 saturated heterocycles. The summed E-state index contributed by atoms with van der Waals surface area (Å²) in [7, 11) is 1.30. The highest BCUT2D eigenvalue weighted by atomic mass is 35.5. The topological polar surface area (TPSA) is 73.8 Å². The highest BCUT2D eigenvalue weighted by molar-refractivity contribution is 7.07. The predicted octanol–water partition coefficient (Wildman–Crippen LogP) is 2.96. The molecule has 8 heteroatoms. The number of aryl methyl sites for hydroxylation is 1. The second-order valence-electron chi connectivity index (χ2n) is 6.54. The Balaban J connectivity index is 2.01. The molecule has 1 aliphatic rings. The summed E-state index contributed by atoms with van der Waals surface area (Å²) in [6, 6.07) is 10.0. The van der Waals surface area contributed by atoms with E-state index in [4.69, 9.17) is 20.8 Å². The van der Waals surface area contributed by atoms with Crippen LogP contribution in [0.5, 0.6) is 0 Å². The van der Waals surface area contributed by atoms with Crippen molar-refractivity contribution in [3.8, 4) is 0 Å². The number of carbonyl (C=O) groups excluding carboxylic acids is 1. The van der Waals surface area contributed by atoms with E-state index in [1.54, 1.807) is 37.3 Å². The third kappa shape index (κ3) is 3.36. The minimum Gasteiger partial charge on any atom is -0.466 e. The molecule has 6 nitrogen and oxygen atoms in total. The fourth-order valence-electron chi connectivity index (χ4n) is 3.34. The van der Waals surface area contributed by atoms with Gasteiger partial charge in [-0.05, 0) is 37.6 Å². The molecule has 0 N–H and O–H groups in total. The minimum absolute atomic E-state index is 0.276. The van der Waals surface area contributed by atoms with Gasteiger partial charge in [0.2, 0.25) is 0 Å². The Labute approximate surface area is 175 Å². The number of nitrogens with zero attached hydrogens (tertiary/aromatic N) is 2. The second kappa shape index (κ2) is 7.50. The first kappa shape index (κ1) is 19.4. The number of halogens is 1. The van der Waals surface area contributed by atoms with Crippen LogP contribution in [-0.4, -0.2) is 17.6 Å². The lowest BCUT2D eigenvalue weighted by Crippen LogP contribution is -2.39. The summed E-state index contributed by atoms with van der Waals surface area (Å²) in [4.78, 5) is 30.9. The Morgan fingerprint density at radius 1 is 1.28 bits per heavy atom. The van der Waals surface area contributed by atoms with E-state index in [2.05, 4.69) is 4.99 Å². The Morgan fingerprint density at radius 2 is 2.03 bits per heavy atom. The van der Waals surface area contributed by atoms with Crippen molar-refractivity contribution in [3.63, 3.8) is 0 Å². The summed E-state index contributed by atoms with van der Waals surface area (Å²) in [5.41, 5.74) is 1.13. The molecule has 4 rings (SSSR count). The first-order valence-corrected chi connectivity index (χ1v) is 10.0. The number of thiazole rings is 1. The average Bonchev–Trinajstić information content (AvgIpc) is 3.24.